The zero-order valence-corrected chi connectivity index (χ0v) is 13.6. The van der Waals surface area contributed by atoms with Gasteiger partial charge in [-0.1, -0.05) is 54.5 Å². The maximum Gasteiger partial charge on any atom is 0.196 e. The van der Waals surface area contributed by atoms with Crippen molar-refractivity contribution in [2.24, 2.45) is 0 Å². The van der Waals surface area contributed by atoms with Crippen molar-refractivity contribution in [3.05, 3.63) is 84.5 Å². The van der Waals surface area contributed by atoms with E-state index in [1.165, 1.54) is 0 Å². The molecule has 0 bridgehead atoms. The first-order chi connectivity index (χ1) is 12.4. The number of rotatable bonds is 3. The van der Waals surface area contributed by atoms with Crippen molar-refractivity contribution in [2.75, 3.05) is 0 Å². The Morgan fingerprint density at radius 2 is 1.76 bits per heavy atom. The molecule has 0 saturated heterocycles. The molecule has 0 spiro atoms. The minimum Gasteiger partial charge on any atom is -0.441 e. The van der Waals surface area contributed by atoms with Crippen LogP contribution in [0.2, 0.25) is 0 Å². The first-order valence-corrected chi connectivity index (χ1v) is 8.24. The summed E-state index contributed by atoms with van der Waals surface area (Å²) < 4.78 is 5.89. The Hall–Kier alpha value is -3.38. The molecule has 0 atom stereocenters. The van der Waals surface area contributed by atoms with E-state index in [9.17, 15) is 0 Å². The zero-order chi connectivity index (χ0) is 16.9. The van der Waals surface area contributed by atoms with Crippen LogP contribution >= 0.6 is 0 Å². The van der Waals surface area contributed by atoms with E-state index in [0.29, 0.717) is 18.7 Å². The van der Waals surface area contributed by atoms with Gasteiger partial charge in [0.15, 0.2) is 11.5 Å². The number of para-hydroxylation sites is 1. The molecule has 0 aliphatic heterocycles. The second-order valence-electron chi connectivity index (χ2n) is 5.64. The molecule has 0 unspecified atom stereocenters. The van der Waals surface area contributed by atoms with Crippen molar-refractivity contribution in [1.29, 1.82) is 0 Å². The number of benzene rings is 2. The quantitative estimate of drug-likeness (QED) is 0.504. The van der Waals surface area contributed by atoms with Gasteiger partial charge in [-0.25, -0.2) is 9.97 Å². The SMILES string of the molecule is C(#Cc1ccccn1)CCc1nc2c(-c3ccccc3)cccc2o1. The minimum absolute atomic E-state index is 0.683. The summed E-state index contributed by atoms with van der Waals surface area (Å²) in [7, 11) is 0. The van der Waals surface area contributed by atoms with Crippen LogP contribution in [0.5, 0.6) is 0 Å². The lowest BCUT2D eigenvalue weighted by Gasteiger charge is -2.00. The molecular formula is C22H16N2O. The molecule has 4 rings (SSSR count). The molecule has 4 aromatic rings. The van der Waals surface area contributed by atoms with Gasteiger partial charge in [0.2, 0.25) is 0 Å². The lowest BCUT2D eigenvalue weighted by Crippen LogP contribution is -1.84. The summed E-state index contributed by atoms with van der Waals surface area (Å²) in [6.07, 6.45) is 3.11. The molecule has 0 saturated carbocycles. The molecule has 25 heavy (non-hydrogen) atoms. The molecule has 2 heterocycles. The third-order valence-corrected chi connectivity index (χ3v) is 3.89. The van der Waals surface area contributed by atoms with Crippen molar-refractivity contribution >= 4 is 11.1 Å². The van der Waals surface area contributed by atoms with Crippen molar-refractivity contribution in [1.82, 2.24) is 9.97 Å². The van der Waals surface area contributed by atoms with Gasteiger partial charge < -0.3 is 4.42 Å². The monoisotopic (exact) mass is 324 g/mol. The largest absolute Gasteiger partial charge is 0.441 e. The van der Waals surface area contributed by atoms with Crippen LogP contribution in [0.15, 0.2) is 77.3 Å². The third kappa shape index (κ3) is 3.44. The van der Waals surface area contributed by atoms with Gasteiger partial charge >= 0.3 is 0 Å². The fourth-order valence-electron chi connectivity index (χ4n) is 2.71. The molecule has 3 heteroatoms. The lowest BCUT2D eigenvalue weighted by atomic mass is 10.0. The Kier molecular flexibility index (Phi) is 4.26. The fourth-order valence-corrected chi connectivity index (χ4v) is 2.71. The van der Waals surface area contributed by atoms with Gasteiger partial charge in [0.1, 0.15) is 11.2 Å². The average Bonchev–Trinajstić information content (AvgIpc) is 3.10. The predicted molar refractivity (Wildman–Crippen MR) is 98.9 cm³/mol. The van der Waals surface area contributed by atoms with Gasteiger partial charge in [0, 0.05) is 24.6 Å². The number of oxazole rings is 1. The van der Waals surface area contributed by atoms with Crippen LogP contribution in [0.25, 0.3) is 22.2 Å². The maximum absolute atomic E-state index is 5.89. The molecule has 0 aliphatic carbocycles. The van der Waals surface area contributed by atoms with E-state index >= 15 is 0 Å². The molecule has 0 aliphatic rings. The summed E-state index contributed by atoms with van der Waals surface area (Å²) in [6.45, 7) is 0. The highest BCUT2D eigenvalue weighted by Gasteiger charge is 2.10. The van der Waals surface area contributed by atoms with Crippen LogP contribution in [0.4, 0.5) is 0 Å². The summed E-state index contributed by atoms with van der Waals surface area (Å²) >= 11 is 0. The number of aromatic nitrogens is 2. The Morgan fingerprint density at radius 1 is 0.880 bits per heavy atom. The van der Waals surface area contributed by atoms with E-state index < -0.39 is 0 Å². The summed E-state index contributed by atoms with van der Waals surface area (Å²) in [5, 5.41) is 0. The second-order valence-corrected chi connectivity index (χ2v) is 5.64. The molecule has 0 fully saturated rings. The molecule has 0 radical (unpaired) electrons. The van der Waals surface area contributed by atoms with Crippen molar-refractivity contribution < 1.29 is 4.42 Å². The summed E-state index contributed by atoms with van der Waals surface area (Å²) in [4.78, 5) is 8.87. The summed E-state index contributed by atoms with van der Waals surface area (Å²) in [5.41, 5.74) is 4.73. The van der Waals surface area contributed by atoms with Crippen LogP contribution in [-0.4, -0.2) is 9.97 Å². The van der Waals surface area contributed by atoms with Gasteiger partial charge in [0.25, 0.3) is 0 Å². The van der Waals surface area contributed by atoms with E-state index in [1.54, 1.807) is 6.20 Å². The van der Waals surface area contributed by atoms with E-state index in [2.05, 4.69) is 40.0 Å². The van der Waals surface area contributed by atoms with Crippen LogP contribution < -0.4 is 0 Å². The first kappa shape index (κ1) is 15.2. The first-order valence-electron chi connectivity index (χ1n) is 8.24. The number of fused-ring (bicyclic) bond motifs is 1. The highest BCUT2D eigenvalue weighted by Crippen LogP contribution is 2.28. The zero-order valence-electron chi connectivity index (χ0n) is 13.6. The van der Waals surface area contributed by atoms with Crippen LogP contribution in [-0.2, 0) is 6.42 Å². The topological polar surface area (TPSA) is 38.9 Å². The van der Waals surface area contributed by atoms with Crippen LogP contribution in [0, 0.1) is 11.8 Å². The highest BCUT2D eigenvalue weighted by atomic mass is 16.3. The van der Waals surface area contributed by atoms with E-state index in [-0.39, 0.29) is 0 Å². The number of pyridine rings is 1. The van der Waals surface area contributed by atoms with Crippen molar-refractivity contribution in [3.8, 4) is 23.0 Å². The van der Waals surface area contributed by atoms with Crippen molar-refractivity contribution in [2.45, 2.75) is 12.8 Å². The second kappa shape index (κ2) is 7.02. The van der Waals surface area contributed by atoms with E-state index in [1.807, 2.05) is 48.5 Å². The smallest absolute Gasteiger partial charge is 0.196 e. The Balaban J connectivity index is 1.55. The minimum atomic E-state index is 0.683. The molecular weight excluding hydrogens is 308 g/mol. The third-order valence-electron chi connectivity index (χ3n) is 3.89. The number of aryl methyl sites for hydroxylation is 1. The van der Waals surface area contributed by atoms with Crippen molar-refractivity contribution in [3.63, 3.8) is 0 Å². The maximum atomic E-state index is 5.89. The highest BCUT2D eigenvalue weighted by molar-refractivity contribution is 5.90. The van der Waals surface area contributed by atoms with E-state index in [4.69, 9.17) is 4.42 Å². The normalized spacial score (nSPS) is 10.4. The van der Waals surface area contributed by atoms with Gasteiger partial charge in [0.05, 0.1) is 0 Å². The molecule has 2 aromatic heterocycles. The molecule has 120 valence electrons. The molecule has 0 N–H and O–H groups in total. The lowest BCUT2D eigenvalue weighted by molar-refractivity contribution is 0.531. The van der Waals surface area contributed by atoms with Gasteiger partial charge in [-0.2, -0.15) is 0 Å². The van der Waals surface area contributed by atoms with E-state index in [0.717, 1.165) is 27.9 Å². The van der Waals surface area contributed by atoms with Gasteiger partial charge in [-0.3, -0.25) is 0 Å². The number of hydrogen-bond donors (Lipinski definition) is 0. The Labute approximate surface area is 146 Å². The Morgan fingerprint density at radius 3 is 2.60 bits per heavy atom. The average molecular weight is 324 g/mol. The standard InChI is InChI=1S/C22H16N2O/c1-2-9-17(10-3-1)19-13-8-14-20-22(19)24-21(25-20)15-5-4-11-18-12-6-7-16-23-18/h1-3,6-10,12-14,16H,5,15H2. The summed E-state index contributed by atoms with van der Waals surface area (Å²) in [6, 6.07) is 22.0. The van der Waals surface area contributed by atoms with Crippen LogP contribution in [0.1, 0.15) is 18.0 Å². The van der Waals surface area contributed by atoms with Crippen LogP contribution in [0.3, 0.4) is 0 Å². The predicted octanol–water partition coefficient (Wildman–Crippen LogP) is 4.87. The number of nitrogens with zero attached hydrogens (tertiary/aromatic N) is 2. The van der Waals surface area contributed by atoms with Gasteiger partial charge in [-0.15, -0.1) is 0 Å². The number of hydrogen-bond acceptors (Lipinski definition) is 3. The molecule has 0 amide bonds. The molecule has 2 aromatic carbocycles. The van der Waals surface area contributed by atoms with Gasteiger partial charge in [-0.05, 0) is 29.7 Å². The summed E-state index contributed by atoms with van der Waals surface area (Å²) in [5.74, 6) is 6.90. The molecule has 3 nitrogen and oxygen atoms in total. The fraction of sp³-hybridized carbons (Fsp3) is 0.0909. The Bertz CT molecular complexity index is 1040.